The largest absolute Gasteiger partial charge is 0.359 e. The molecule has 0 saturated carbocycles. The molecule has 0 radical (unpaired) electrons. The van der Waals surface area contributed by atoms with Gasteiger partial charge in [-0.1, -0.05) is 26.0 Å². The molecule has 0 bridgehead atoms. The van der Waals surface area contributed by atoms with Gasteiger partial charge in [0.25, 0.3) is 0 Å². The lowest BCUT2D eigenvalue weighted by Gasteiger charge is -2.11. The van der Waals surface area contributed by atoms with Crippen molar-refractivity contribution in [1.82, 2.24) is 14.5 Å². The van der Waals surface area contributed by atoms with E-state index in [9.17, 15) is 8.78 Å². The number of rotatable bonds is 4. The highest BCUT2D eigenvalue weighted by atomic mass is 19.1. The van der Waals surface area contributed by atoms with Crippen molar-refractivity contribution in [3.8, 4) is 0 Å². The fourth-order valence-corrected chi connectivity index (χ4v) is 3.34. The third-order valence-electron chi connectivity index (χ3n) is 4.44. The quantitative estimate of drug-likeness (QED) is 0.555. The van der Waals surface area contributed by atoms with Gasteiger partial charge in [-0.25, -0.2) is 13.8 Å². The van der Waals surface area contributed by atoms with E-state index in [4.69, 9.17) is 4.98 Å². The summed E-state index contributed by atoms with van der Waals surface area (Å²) in [6, 6.07) is 9.73. The Hall–Kier alpha value is -2.69. The van der Waals surface area contributed by atoms with Gasteiger partial charge in [-0.3, -0.25) is 0 Å². The minimum Gasteiger partial charge on any atom is -0.359 e. The van der Waals surface area contributed by atoms with Crippen LogP contribution in [-0.4, -0.2) is 14.5 Å². The number of halogens is 2. The first-order chi connectivity index (χ1) is 12.0. The number of para-hydroxylation sites is 1. The molecule has 0 saturated heterocycles. The molecule has 128 valence electrons. The number of aromatic amines is 1. The van der Waals surface area contributed by atoms with Crippen LogP contribution in [0.2, 0.25) is 0 Å². The van der Waals surface area contributed by atoms with Crippen LogP contribution in [0, 0.1) is 17.6 Å². The fourth-order valence-electron chi connectivity index (χ4n) is 3.34. The zero-order valence-electron chi connectivity index (χ0n) is 14.2. The number of fused-ring (bicyclic) bond motifs is 2. The first-order valence-electron chi connectivity index (χ1n) is 8.42. The molecule has 5 heteroatoms. The summed E-state index contributed by atoms with van der Waals surface area (Å²) in [5.74, 6) is 0.735. The van der Waals surface area contributed by atoms with Gasteiger partial charge in [-0.15, -0.1) is 0 Å². The Morgan fingerprint density at radius 2 is 2.00 bits per heavy atom. The maximum atomic E-state index is 13.9. The summed E-state index contributed by atoms with van der Waals surface area (Å²) in [4.78, 5) is 7.71. The van der Waals surface area contributed by atoms with Gasteiger partial charge in [0.15, 0.2) is 0 Å². The summed E-state index contributed by atoms with van der Waals surface area (Å²) in [5, 5.41) is 0.856. The Kier molecular flexibility index (Phi) is 3.79. The zero-order chi connectivity index (χ0) is 17.6. The molecule has 25 heavy (non-hydrogen) atoms. The second kappa shape index (κ2) is 5.99. The molecule has 0 unspecified atom stereocenters. The SMILES string of the molecule is CC(C)Cn1c(Cc2c[nH]c3c(F)cccc23)nc2ccc(F)cc21. The highest BCUT2D eigenvalue weighted by molar-refractivity contribution is 5.84. The predicted octanol–water partition coefficient (Wildman–Crippen LogP) is 5.04. The standard InChI is InChI=1S/C20H19F2N3/c1-12(2)11-25-18-9-14(21)6-7-17(18)24-19(25)8-13-10-23-20-15(13)4-3-5-16(20)22/h3-7,9-10,12,23H,8,11H2,1-2H3. The second-order valence-corrected chi connectivity index (χ2v) is 6.82. The molecule has 0 atom stereocenters. The predicted molar refractivity (Wildman–Crippen MR) is 95.6 cm³/mol. The lowest BCUT2D eigenvalue weighted by Crippen LogP contribution is -2.09. The van der Waals surface area contributed by atoms with Crippen molar-refractivity contribution < 1.29 is 8.78 Å². The van der Waals surface area contributed by atoms with Gasteiger partial charge in [-0.2, -0.15) is 0 Å². The van der Waals surface area contributed by atoms with Crippen molar-refractivity contribution in [2.45, 2.75) is 26.8 Å². The summed E-state index contributed by atoms with van der Waals surface area (Å²) < 4.78 is 29.7. The molecular formula is C20H19F2N3. The van der Waals surface area contributed by atoms with E-state index in [-0.39, 0.29) is 11.6 Å². The number of benzene rings is 2. The van der Waals surface area contributed by atoms with Gasteiger partial charge in [0.2, 0.25) is 0 Å². The average molecular weight is 339 g/mol. The Morgan fingerprint density at radius 1 is 1.16 bits per heavy atom. The third kappa shape index (κ3) is 2.80. The van der Waals surface area contributed by atoms with E-state index in [1.165, 1.54) is 18.2 Å². The van der Waals surface area contributed by atoms with Crippen LogP contribution in [0.4, 0.5) is 8.78 Å². The van der Waals surface area contributed by atoms with Crippen molar-refractivity contribution in [3.63, 3.8) is 0 Å². The zero-order valence-corrected chi connectivity index (χ0v) is 14.2. The molecule has 0 amide bonds. The maximum Gasteiger partial charge on any atom is 0.147 e. The van der Waals surface area contributed by atoms with Gasteiger partial charge >= 0.3 is 0 Å². The lowest BCUT2D eigenvalue weighted by atomic mass is 10.1. The fraction of sp³-hybridized carbons (Fsp3) is 0.250. The number of nitrogens with zero attached hydrogens (tertiary/aromatic N) is 2. The van der Waals surface area contributed by atoms with Crippen molar-refractivity contribution in [1.29, 1.82) is 0 Å². The van der Waals surface area contributed by atoms with Crippen molar-refractivity contribution in [2.24, 2.45) is 5.92 Å². The van der Waals surface area contributed by atoms with Crippen molar-refractivity contribution in [2.75, 3.05) is 0 Å². The van der Waals surface area contributed by atoms with Crippen LogP contribution in [0.5, 0.6) is 0 Å². The Bertz CT molecular complexity index is 1060. The molecule has 3 nitrogen and oxygen atoms in total. The molecular weight excluding hydrogens is 320 g/mol. The monoisotopic (exact) mass is 339 g/mol. The van der Waals surface area contributed by atoms with Crippen LogP contribution in [0.1, 0.15) is 25.2 Å². The van der Waals surface area contributed by atoms with E-state index in [1.54, 1.807) is 12.1 Å². The van der Waals surface area contributed by atoms with Gasteiger partial charge < -0.3 is 9.55 Å². The van der Waals surface area contributed by atoms with Crippen LogP contribution in [0.15, 0.2) is 42.6 Å². The third-order valence-corrected chi connectivity index (χ3v) is 4.44. The lowest BCUT2D eigenvalue weighted by molar-refractivity contribution is 0.519. The molecule has 0 fully saturated rings. The number of imidazole rings is 1. The van der Waals surface area contributed by atoms with Gasteiger partial charge in [-0.05, 0) is 35.7 Å². The smallest absolute Gasteiger partial charge is 0.147 e. The highest BCUT2D eigenvalue weighted by Gasteiger charge is 2.15. The number of H-pyrrole nitrogens is 1. The molecule has 1 N–H and O–H groups in total. The van der Waals surface area contributed by atoms with Gasteiger partial charge in [0, 0.05) is 24.5 Å². The second-order valence-electron chi connectivity index (χ2n) is 6.82. The molecule has 0 aliphatic rings. The van der Waals surface area contributed by atoms with Crippen LogP contribution >= 0.6 is 0 Å². The molecule has 4 rings (SSSR count). The van der Waals surface area contributed by atoms with E-state index in [1.807, 2.05) is 12.3 Å². The van der Waals surface area contributed by atoms with E-state index in [0.717, 1.165) is 34.4 Å². The van der Waals surface area contributed by atoms with Crippen LogP contribution in [-0.2, 0) is 13.0 Å². The Labute approximate surface area is 144 Å². The van der Waals surface area contributed by atoms with Gasteiger partial charge in [0.05, 0.1) is 16.6 Å². The first-order valence-corrected chi connectivity index (χ1v) is 8.42. The van der Waals surface area contributed by atoms with Crippen LogP contribution in [0.3, 0.4) is 0 Å². The molecule has 4 aromatic rings. The molecule has 0 aliphatic heterocycles. The van der Waals surface area contributed by atoms with Crippen molar-refractivity contribution >= 4 is 21.9 Å². The summed E-state index contributed by atoms with van der Waals surface area (Å²) >= 11 is 0. The minimum absolute atomic E-state index is 0.262. The molecule has 0 spiro atoms. The molecule has 2 aromatic heterocycles. The normalized spacial score (nSPS) is 11.9. The number of hydrogen-bond acceptors (Lipinski definition) is 1. The van der Waals surface area contributed by atoms with Crippen LogP contribution < -0.4 is 0 Å². The number of aromatic nitrogens is 3. The Morgan fingerprint density at radius 3 is 2.80 bits per heavy atom. The minimum atomic E-state index is -0.266. The first kappa shape index (κ1) is 15.8. The number of nitrogens with one attached hydrogen (secondary N) is 1. The number of hydrogen-bond donors (Lipinski definition) is 1. The van der Waals surface area contributed by atoms with Gasteiger partial charge in [0.1, 0.15) is 17.5 Å². The van der Waals surface area contributed by atoms with E-state index in [0.29, 0.717) is 17.9 Å². The average Bonchev–Trinajstić information content (AvgIpc) is 3.11. The van der Waals surface area contributed by atoms with Crippen molar-refractivity contribution in [3.05, 3.63) is 65.6 Å². The van der Waals surface area contributed by atoms with E-state index >= 15 is 0 Å². The summed E-state index contributed by atoms with van der Waals surface area (Å²) in [6.07, 6.45) is 2.39. The Balaban J connectivity index is 1.83. The van der Waals surface area contributed by atoms with E-state index < -0.39 is 0 Å². The summed E-state index contributed by atoms with van der Waals surface area (Å²) in [6.45, 7) is 5.00. The van der Waals surface area contributed by atoms with Crippen LogP contribution in [0.25, 0.3) is 21.9 Å². The maximum absolute atomic E-state index is 13.9. The summed E-state index contributed by atoms with van der Waals surface area (Å²) in [5.41, 5.74) is 3.07. The highest BCUT2D eigenvalue weighted by Crippen LogP contribution is 2.25. The molecule has 0 aliphatic carbocycles. The molecule has 2 aromatic carbocycles. The topological polar surface area (TPSA) is 33.6 Å². The summed E-state index contributed by atoms with van der Waals surface area (Å²) in [7, 11) is 0. The van der Waals surface area contributed by atoms with E-state index in [2.05, 4.69) is 23.4 Å². The molecule has 2 heterocycles.